The maximum atomic E-state index is 12.8. The molecule has 1 atom stereocenters. The minimum Gasteiger partial charge on any atom is -0.355 e. The van der Waals surface area contributed by atoms with Gasteiger partial charge in [-0.25, -0.2) is 0 Å². The minimum absolute atomic E-state index is 0.0476. The third kappa shape index (κ3) is 4.85. The number of hydrogen-bond donors (Lipinski definition) is 1. The smallest absolute Gasteiger partial charge is 0.253 e. The monoisotopic (exact) mass is 357 g/mol. The van der Waals surface area contributed by atoms with E-state index >= 15 is 0 Å². The minimum atomic E-state index is -0.0859. The first kappa shape index (κ1) is 18.9. The Kier molecular flexibility index (Phi) is 6.30. The Morgan fingerprint density at radius 3 is 2.42 bits per heavy atom. The van der Waals surface area contributed by atoms with Gasteiger partial charge in [0.1, 0.15) is 0 Å². The molecular formula is C21H31N3O2. The average molecular weight is 357 g/mol. The summed E-state index contributed by atoms with van der Waals surface area (Å²) in [6.07, 6.45) is 4.30. The fourth-order valence-electron chi connectivity index (χ4n) is 4.14. The Bertz CT molecular complexity index is 632. The number of likely N-dealkylation sites (tertiary alicyclic amines) is 2. The second-order valence-electron chi connectivity index (χ2n) is 7.81. The lowest BCUT2D eigenvalue weighted by Crippen LogP contribution is -2.46. The van der Waals surface area contributed by atoms with Gasteiger partial charge in [0.25, 0.3) is 5.91 Å². The van der Waals surface area contributed by atoms with Crippen LogP contribution in [0, 0.1) is 19.8 Å². The quantitative estimate of drug-likeness (QED) is 0.880. The van der Waals surface area contributed by atoms with Crippen molar-refractivity contribution >= 4 is 11.8 Å². The van der Waals surface area contributed by atoms with Crippen LogP contribution in [0.2, 0.25) is 0 Å². The van der Waals surface area contributed by atoms with Crippen LogP contribution >= 0.6 is 0 Å². The molecule has 26 heavy (non-hydrogen) atoms. The van der Waals surface area contributed by atoms with Crippen molar-refractivity contribution in [2.24, 2.45) is 5.92 Å². The van der Waals surface area contributed by atoms with Gasteiger partial charge in [0.05, 0.1) is 5.92 Å². The number of aryl methyl sites for hydroxylation is 2. The zero-order chi connectivity index (χ0) is 18.5. The number of nitrogens with one attached hydrogen (secondary N) is 1. The number of rotatable bonds is 5. The van der Waals surface area contributed by atoms with Crippen molar-refractivity contribution < 1.29 is 9.59 Å². The van der Waals surface area contributed by atoms with Crippen molar-refractivity contribution in [3.63, 3.8) is 0 Å². The van der Waals surface area contributed by atoms with Gasteiger partial charge in [0.2, 0.25) is 5.91 Å². The number of nitrogens with zero attached hydrogens (tertiary/aromatic N) is 2. The van der Waals surface area contributed by atoms with E-state index in [1.807, 2.05) is 30.9 Å². The second-order valence-corrected chi connectivity index (χ2v) is 7.81. The lowest BCUT2D eigenvalue weighted by Gasteiger charge is -2.32. The molecule has 2 fully saturated rings. The Morgan fingerprint density at radius 1 is 1.04 bits per heavy atom. The van der Waals surface area contributed by atoms with Crippen LogP contribution in [0.3, 0.4) is 0 Å². The van der Waals surface area contributed by atoms with Gasteiger partial charge >= 0.3 is 0 Å². The zero-order valence-corrected chi connectivity index (χ0v) is 16.1. The zero-order valence-electron chi connectivity index (χ0n) is 16.1. The largest absolute Gasteiger partial charge is 0.355 e. The number of carbonyl (C=O) groups is 2. The molecule has 2 heterocycles. The Morgan fingerprint density at radius 2 is 1.73 bits per heavy atom. The molecule has 2 saturated heterocycles. The lowest BCUT2D eigenvalue weighted by atomic mass is 9.96. The molecule has 0 saturated carbocycles. The number of hydrogen-bond acceptors (Lipinski definition) is 3. The Hall–Kier alpha value is -1.88. The Labute approximate surface area is 156 Å². The van der Waals surface area contributed by atoms with Gasteiger partial charge in [-0.1, -0.05) is 17.2 Å². The third-order valence-corrected chi connectivity index (χ3v) is 5.47. The summed E-state index contributed by atoms with van der Waals surface area (Å²) in [5.74, 6) is 0.0608. The summed E-state index contributed by atoms with van der Waals surface area (Å²) in [6.45, 7) is 9.23. The van der Waals surface area contributed by atoms with Gasteiger partial charge in [0, 0.05) is 31.7 Å². The molecule has 0 aromatic heterocycles. The molecule has 2 aliphatic heterocycles. The second kappa shape index (κ2) is 8.67. The van der Waals surface area contributed by atoms with Crippen LogP contribution in [0.25, 0.3) is 0 Å². The highest BCUT2D eigenvalue weighted by atomic mass is 16.2. The van der Waals surface area contributed by atoms with Crippen LogP contribution in [-0.4, -0.2) is 60.9 Å². The van der Waals surface area contributed by atoms with Crippen molar-refractivity contribution in [1.82, 2.24) is 15.1 Å². The summed E-state index contributed by atoms with van der Waals surface area (Å²) in [7, 11) is 0. The summed E-state index contributed by atoms with van der Waals surface area (Å²) in [5.41, 5.74) is 2.93. The normalized spacial score (nSPS) is 21.0. The molecule has 2 amide bonds. The average Bonchev–Trinajstić information content (AvgIpc) is 3.13. The topological polar surface area (TPSA) is 52.7 Å². The highest BCUT2D eigenvalue weighted by molar-refractivity contribution is 5.95. The van der Waals surface area contributed by atoms with Crippen molar-refractivity contribution in [2.45, 2.75) is 39.5 Å². The Balaban J connectivity index is 1.52. The van der Waals surface area contributed by atoms with Crippen molar-refractivity contribution in [3.05, 3.63) is 34.9 Å². The molecule has 1 N–H and O–H groups in total. The first-order valence-electron chi connectivity index (χ1n) is 9.90. The van der Waals surface area contributed by atoms with Crippen LogP contribution in [0.5, 0.6) is 0 Å². The van der Waals surface area contributed by atoms with Gasteiger partial charge < -0.3 is 15.1 Å². The van der Waals surface area contributed by atoms with Crippen LogP contribution in [0.4, 0.5) is 0 Å². The van der Waals surface area contributed by atoms with Crippen molar-refractivity contribution in [1.29, 1.82) is 0 Å². The molecule has 2 aliphatic rings. The standard InChI is InChI=1S/C21H31N3O2/c1-16-12-17(2)14-19(13-16)21(26)24-10-5-6-18(15-24)20(25)22-7-11-23-8-3-4-9-23/h12-14,18H,3-11,15H2,1-2H3,(H,22,25)/t18-/m0/s1. The van der Waals surface area contributed by atoms with Gasteiger partial charge in [-0.15, -0.1) is 0 Å². The van der Waals surface area contributed by atoms with E-state index in [1.54, 1.807) is 0 Å². The van der Waals surface area contributed by atoms with E-state index in [4.69, 9.17) is 0 Å². The molecule has 0 bridgehead atoms. The molecule has 0 unspecified atom stereocenters. The van der Waals surface area contributed by atoms with Gasteiger partial charge in [-0.05, 0) is 64.8 Å². The molecule has 5 heteroatoms. The summed E-state index contributed by atoms with van der Waals surface area (Å²) < 4.78 is 0. The van der Waals surface area contributed by atoms with E-state index in [-0.39, 0.29) is 17.7 Å². The van der Waals surface area contributed by atoms with Crippen LogP contribution in [0.15, 0.2) is 18.2 Å². The van der Waals surface area contributed by atoms with Gasteiger partial charge in [-0.2, -0.15) is 0 Å². The highest BCUT2D eigenvalue weighted by Gasteiger charge is 2.29. The van der Waals surface area contributed by atoms with Crippen LogP contribution < -0.4 is 5.32 Å². The maximum absolute atomic E-state index is 12.8. The van der Waals surface area contributed by atoms with Crippen molar-refractivity contribution in [2.75, 3.05) is 39.3 Å². The molecule has 0 spiro atoms. The molecule has 3 rings (SSSR count). The van der Waals surface area contributed by atoms with E-state index in [1.165, 1.54) is 12.8 Å². The fraction of sp³-hybridized carbons (Fsp3) is 0.619. The highest BCUT2D eigenvalue weighted by Crippen LogP contribution is 2.20. The summed E-state index contributed by atoms with van der Waals surface area (Å²) in [5, 5.41) is 3.08. The SMILES string of the molecule is Cc1cc(C)cc(C(=O)N2CCC[C@H](C(=O)NCCN3CCCC3)C2)c1. The van der Waals surface area contributed by atoms with E-state index in [0.29, 0.717) is 13.1 Å². The predicted octanol–water partition coefficient (Wildman–Crippen LogP) is 2.37. The molecule has 0 aliphatic carbocycles. The van der Waals surface area contributed by atoms with E-state index in [0.717, 1.165) is 55.7 Å². The number of piperidine rings is 1. The molecular weight excluding hydrogens is 326 g/mol. The predicted molar refractivity (Wildman–Crippen MR) is 103 cm³/mol. The molecule has 1 aromatic rings. The number of amides is 2. The number of carbonyl (C=O) groups excluding carboxylic acids is 2. The van der Waals surface area contributed by atoms with Crippen LogP contribution in [-0.2, 0) is 4.79 Å². The first-order valence-corrected chi connectivity index (χ1v) is 9.90. The van der Waals surface area contributed by atoms with Crippen LogP contribution in [0.1, 0.15) is 47.2 Å². The third-order valence-electron chi connectivity index (χ3n) is 5.47. The molecule has 0 radical (unpaired) electrons. The summed E-state index contributed by atoms with van der Waals surface area (Å²) >= 11 is 0. The molecule has 142 valence electrons. The fourth-order valence-corrected chi connectivity index (χ4v) is 4.14. The van der Waals surface area contributed by atoms with E-state index in [9.17, 15) is 9.59 Å². The summed E-state index contributed by atoms with van der Waals surface area (Å²) in [4.78, 5) is 29.6. The first-order chi connectivity index (χ1) is 12.5. The van der Waals surface area contributed by atoms with E-state index < -0.39 is 0 Å². The maximum Gasteiger partial charge on any atom is 0.253 e. The lowest BCUT2D eigenvalue weighted by molar-refractivity contribution is -0.126. The molecule has 1 aromatic carbocycles. The molecule has 5 nitrogen and oxygen atoms in total. The van der Waals surface area contributed by atoms with Gasteiger partial charge in [0.15, 0.2) is 0 Å². The van der Waals surface area contributed by atoms with E-state index in [2.05, 4.69) is 16.3 Å². The van der Waals surface area contributed by atoms with Crippen molar-refractivity contribution in [3.8, 4) is 0 Å². The van der Waals surface area contributed by atoms with Gasteiger partial charge in [-0.3, -0.25) is 9.59 Å². The number of benzene rings is 1. The summed E-state index contributed by atoms with van der Waals surface area (Å²) in [6, 6.07) is 5.95.